The van der Waals surface area contributed by atoms with E-state index in [0.717, 1.165) is 42.6 Å². The molecule has 4 rings (SSSR count). The fourth-order valence-electron chi connectivity index (χ4n) is 3.64. The van der Waals surface area contributed by atoms with Crippen LogP contribution in [0, 0.1) is 19.8 Å². The third-order valence-electron chi connectivity index (χ3n) is 5.33. The molecule has 2 aromatic rings. The molecule has 1 saturated heterocycles. The highest BCUT2D eigenvalue weighted by Crippen LogP contribution is 2.38. The van der Waals surface area contributed by atoms with Crippen molar-refractivity contribution in [3.63, 3.8) is 0 Å². The molecule has 7 heteroatoms. The van der Waals surface area contributed by atoms with E-state index in [1.807, 2.05) is 26.0 Å². The van der Waals surface area contributed by atoms with Crippen LogP contribution in [0.3, 0.4) is 0 Å². The van der Waals surface area contributed by atoms with Crippen molar-refractivity contribution < 1.29 is 12.9 Å². The van der Waals surface area contributed by atoms with Crippen molar-refractivity contribution in [3.8, 4) is 0 Å². The van der Waals surface area contributed by atoms with Crippen LogP contribution in [-0.2, 0) is 16.4 Å². The molecule has 1 aromatic carbocycles. The summed E-state index contributed by atoms with van der Waals surface area (Å²) in [7, 11) is -3.47. The number of nitrogens with zero attached hydrogens (tertiary/aromatic N) is 3. The number of sulfonamides is 1. The Morgan fingerprint density at radius 2 is 2.04 bits per heavy atom. The molecule has 26 heavy (non-hydrogen) atoms. The predicted molar refractivity (Wildman–Crippen MR) is 97.4 cm³/mol. The average Bonchev–Trinajstić information content (AvgIpc) is 3.37. The van der Waals surface area contributed by atoms with Crippen molar-refractivity contribution >= 4 is 10.0 Å². The van der Waals surface area contributed by atoms with Gasteiger partial charge >= 0.3 is 0 Å². The first-order valence-electron chi connectivity index (χ1n) is 9.33. The molecule has 0 spiro atoms. The molecule has 1 aromatic heterocycles. The molecule has 0 bridgehead atoms. The molecule has 6 nitrogen and oxygen atoms in total. The Bertz CT molecular complexity index is 903. The van der Waals surface area contributed by atoms with Crippen LogP contribution < -0.4 is 0 Å². The van der Waals surface area contributed by atoms with Gasteiger partial charge in [0.1, 0.15) is 0 Å². The molecule has 1 unspecified atom stereocenters. The van der Waals surface area contributed by atoms with E-state index < -0.39 is 10.0 Å². The average molecular weight is 375 g/mol. The minimum atomic E-state index is -3.47. The monoisotopic (exact) mass is 375 g/mol. The van der Waals surface area contributed by atoms with E-state index in [9.17, 15) is 8.42 Å². The van der Waals surface area contributed by atoms with Crippen LogP contribution in [-0.4, -0.2) is 36.0 Å². The SMILES string of the molecule is Cc1ccc(C)c(S(=O)(=O)N2CCCC(Cc3nc(C4CC4)no3)C2)c1. The number of hydrogen-bond acceptors (Lipinski definition) is 5. The Morgan fingerprint density at radius 1 is 1.23 bits per heavy atom. The number of piperidine rings is 1. The molecule has 0 radical (unpaired) electrons. The second-order valence-corrected chi connectivity index (χ2v) is 9.57. The zero-order chi connectivity index (χ0) is 18.3. The van der Waals surface area contributed by atoms with Crippen LogP contribution in [0.1, 0.15) is 54.4 Å². The van der Waals surface area contributed by atoms with Gasteiger partial charge in [-0.15, -0.1) is 0 Å². The van der Waals surface area contributed by atoms with Crippen molar-refractivity contribution in [2.24, 2.45) is 5.92 Å². The van der Waals surface area contributed by atoms with E-state index in [1.165, 1.54) is 0 Å². The Kier molecular flexibility index (Phi) is 4.61. The molecular formula is C19H25N3O3S. The molecule has 2 heterocycles. The largest absolute Gasteiger partial charge is 0.339 e. The van der Waals surface area contributed by atoms with E-state index in [0.29, 0.717) is 36.2 Å². The van der Waals surface area contributed by atoms with Gasteiger partial charge in [0, 0.05) is 25.4 Å². The van der Waals surface area contributed by atoms with Crippen LogP contribution in [0.2, 0.25) is 0 Å². The van der Waals surface area contributed by atoms with Gasteiger partial charge in [0.25, 0.3) is 0 Å². The maximum Gasteiger partial charge on any atom is 0.243 e. The third kappa shape index (κ3) is 3.55. The molecule has 2 fully saturated rings. The molecule has 1 aliphatic carbocycles. The third-order valence-corrected chi connectivity index (χ3v) is 7.34. The fraction of sp³-hybridized carbons (Fsp3) is 0.579. The van der Waals surface area contributed by atoms with E-state index in [-0.39, 0.29) is 5.92 Å². The standard InChI is InChI=1S/C19H25N3O3S/c1-13-5-6-14(2)17(10-13)26(23,24)22-9-3-4-15(12-22)11-18-20-19(21-25-18)16-7-8-16/h5-6,10,15-16H,3-4,7-9,11-12H2,1-2H3. The van der Waals surface area contributed by atoms with Gasteiger partial charge in [0.2, 0.25) is 15.9 Å². The molecule has 1 atom stereocenters. The predicted octanol–water partition coefficient (Wildman–Crippen LogP) is 3.21. The second-order valence-electron chi connectivity index (χ2n) is 7.66. The molecule has 2 aliphatic rings. The number of aromatic nitrogens is 2. The first kappa shape index (κ1) is 17.7. The van der Waals surface area contributed by atoms with Gasteiger partial charge in [-0.1, -0.05) is 17.3 Å². The normalized spacial score (nSPS) is 21.8. The summed E-state index contributed by atoms with van der Waals surface area (Å²) < 4.78 is 33.3. The number of aryl methyl sites for hydroxylation is 2. The zero-order valence-corrected chi connectivity index (χ0v) is 16.1. The van der Waals surface area contributed by atoms with Gasteiger partial charge in [-0.25, -0.2) is 8.42 Å². The van der Waals surface area contributed by atoms with E-state index in [1.54, 1.807) is 10.4 Å². The summed E-state index contributed by atoms with van der Waals surface area (Å²) in [6, 6.07) is 5.59. The maximum atomic E-state index is 13.1. The zero-order valence-electron chi connectivity index (χ0n) is 15.3. The van der Waals surface area contributed by atoms with Crippen LogP contribution in [0.4, 0.5) is 0 Å². The highest BCUT2D eigenvalue weighted by molar-refractivity contribution is 7.89. The second kappa shape index (κ2) is 6.78. The summed E-state index contributed by atoms with van der Waals surface area (Å²) in [6.45, 7) is 4.86. The molecule has 1 saturated carbocycles. The van der Waals surface area contributed by atoms with Crippen molar-refractivity contribution in [2.45, 2.75) is 56.8 Å². The van der Waals surface area contributed by atoms with Gasteiger partial charge in [0.05, 0.1) is 4.90 Å². The summed E-state index contributed by atoms with van der Waals surface area (Å²) >= 11 is 0. The van der Waals surface area contributed by atoms with Crippen LogP contribution in [0.5, 0.6) is 0 Å². The molecule has 0 amide bonds. The van der Waals surface area contributed by atoms with E-state index in [4.69, 9.17) is 4.52 Å². The Labute approximate surface area is 154 Å². The highest BCUT2D eigenvalue weighted by atomic mass is 32.2. The van der Waals surface area contributed by atoms with Crippen molar-refractivity contribution in [2.75, 3.05) is 13.1 Å². The summed E-state index contributed by atoms with van der Waals surface area (Å²) in [5.41, 5.74) is 1.75. The van der Waals surface area contributed by atoms with Crippen molar-refractivity contribution in [1.29, 1.82) is 0 Å². The van der Waals surface area contributed by atoms with Gasteiger partial charge in [0.15, 0.2) is 5.82 Å². The Morgan fingerprint density at radius 3 is 2.81 bits per heavy atom. The van der Waals surface area contributed by atoms with Gasteiger partial charge in [-0.3, -0.25) is 0 Å². The van der Waals surface area contributed by atoms with Crippen LogP contribution in [0.15, 0.2) is 27.6 Å². The van der Waals surface area contributed by atoms with Crippen LogP contribution in [0.25, 0.3) is 0 Å². The Hall–Kier alpha value is -1.73. The Balaban J connectivity index is 1.49. The van der Waals surface area contributed by atoms with E-state index >= 15 is 0 Å². The first-order chi connectivity index (χ1) is 12.4. The minimum absolute atomic E-state index is 0.219. The first-order valence-corrected chi connectivity index (χ1v) is 10.8. The number of benzene rings is 1. The molecule has 1 aliphatic heterocycles. The highest BCUT2D eigenvalue weighted by Gasteiger charge is 2.33. The van der Waals surface area contributed by atoms with E-state index in [2.05, 4.69) is 10.1 Å². The summed E-state index contributed by atoms with van der Waals surface area (Å²) in [5.74, 6) is 2.15. The lowest BCUT2D eigenvalue weighted by atomic mass is 9.96. The maximum absolute atomic E-state index is 13.1. The van der Waals surface area contributed by atoms with Crippen molar-refractivity contribution in [3.05, 3.63) is 41.0 Å². The summed E-state index contributed by atoms with van der Waals surface area (Å²) in [5, 5.41) is 4.06. The smallest absolute Gasteiger partial charge is 0.243 e. The van der Waals surface area contributed by atoms with Gasteiger partial charge in [-0.2, -0.15) is 9.29 Å². The van der Waals surface area contributed by atoms with Gasteiger partial charge in [-0.05, 0) is 62.6 Å². The quantitative estimate of drug-likeness (QED) is 0.802. The molecular weight excluding hydrogens is 350 g/mol. The lowest BCUT2D eigenvalue weighted by molar-refractivity contribution is 0.246. The molecule has 0 N–H and O–H groups in total. The lowest BCUT2D eigenvalue weighted by Gasteiger charge is -2.31. The van der Waals surface area contributed by atoms with Gasteiger partial charge < -0.3 is 4.52 Å². The topological polar surface area (TPSA) is 76.3 Å². The lowest BCUT2D eigenvalue weighted by Crippen LogP contribution is -2.40. The van der Waals surface area contributed by atoms with Crippen molar-refractivity contribution in [1.82, 2.24) is 14.4 Å². The summed E-state index contributed by atoms with van der Waals surface area (Å²) in [4.78, 5) is 4.91. The molecule has 140 valence electrons. The minimum Gasteiger partial charge on any atom is -0.339 e. The summed E-state index contributed by atoms with van der Waals surface area (Å²) in [6.07, 6.45) is 4.78. The fourth-order valence-corrected chi connectivity index (χ4v) is 5.51. The van der Waals surface area contributed by atoms with Crippen LogP contribution >= 0.6 is 0 Å². The number of hydrogen-bond donors (Lipinski definition) is 0. The number of rotatable bonds is 5.